The van der Waals surface area contributed by atoms with Crippen LogP contribution in [-0.4, -0.2) is 21.2 Å². The van der Waals surface area contributed by atoms with Crippen molar-refractivity contribution < 1.29 is 4.92 Å². The van der Waals surface area contributed by atoms with Gasteiger partial charge in [-0.25, -0.2) is 4.68 Å². The SMILES string of the molecule is Cc1ccc(-n2nc(Nc3ccccc3)c3c2CCNC3)c([N+](=O)[O-])c1. The fourth-order valence-corrected chi connectivity index (χ4v) is 3.26. The Morgan fingerprint density at radius 2 is 2.04 bits per heavy atom. The molecule has 4 rings (SSSR count). The van der Waals surface area contributed by atoms with E-state index in [1.165, 1.54) is 0 Å². The molecule has 0 bridgehead atoms. The summed E-state index contributed by atoms with van der Waals surface area (Å²) in [6, 6.07) is 15.0. The number of para-hydroxylation sites is 1. The number of rotatable bonds is 4. The van der Waals surface area contributed by atoms with Gasteiger partial charge in [0.1, 0.15) is 5.69 Å². The zero-order valence-electron chi connectivity index (χ0n) is 14.4. The van der Waals surface area contributed by atoms with E-state index in [1.807, 2.05) is 43.3 Å². The van der Waals surface area contributed by atoms with Crippen LogP contribution in [0.1, 0.15) is 16.8 Å². The third kappa shape index (κ3) is 2.93. The maximum absolute atomic E-state index is 11.5. The molecule has 26 heavy (non-hydrogen) atoms. The minimum Gasteiger partial charge on any atom is -0.338 e. The number of aryl methyl sites for hydroxylation is 1. The first-order valence-electron chi connectivity index (χ1n) is 8.52. The molecule has 0 saturated heterocycles. The molecule has 0 aliphatic carbocycles. The lowest BCUT2D eigenvalue weighted by atomic mass is 10.1. The molecule has 7 nitrogen and oxygen atoms in total. The molecule has 2 heterocycles. The molecule has 1 aromatic heterocycles. The van der Waals surface area contributed by atoms with Gasteiger partial charge < -0.3 is 10.6 Å². The van der Waals surface area contributed by atoms with Crippen molar-refractivity contribution in [2.45, 2.75) is 19.9 Å². The monoisotopic (exact) mass is 349 g/mol. The quantitative estimate of drug-likeness (QED) is 0.556. The van der Waals surface area contributed by atoms with Crippen LogP contribution >= 0.6 is 0 Å². The second kappa shape index (κ2) is 6.61. The number of anilines is 2. The number of aromatic nitrogens is 2. The van der Waals surface area contributed by atoms with Crippen LogP contribution in [0.4, 0.5) is 17.2 Å². The summed E-state index contributed by atoms with van der Waals surface area (Å²) in [5.41, 5.74) is 4.42. The maximum Gasteiger partial charge on any atom is 0.295 e. The zero-order valence-corrected chi connectivity index (χ0v) is 14.4. The highest BCUT2D eigenvalue weighted by molar-refractivity contribution is 5.63. The number of hydrogen-bond donors (Lipinski definition) is 2. The molecule has 7 heteroatoms. The van der Waals surface area contributed by atoms with E-state index >= 15 is 0 Å². The average molecular weight is 349 g/mol. The van der Waals surface area contributed by atoms with Gasteiger partial charge in [-0.15, -0.1) is 5.10 Å². The Labute approximate surface area is 150 Å². The van der Waals surface area contributed by atoms with Crippen molar-refractivity contribution in [3.63, 3.8) is 0 Å². The largest absolute Gasteiger partial charge is 0.338 e. The zero-order chi connectivity index (χ0) is 18.1. The minimum atomic E-state index is -0.345. The summed E-state index contributed by atoms with van der Waals surface area (Å²) in [5.74, 6) is 0.730. The third-order valence-corrected chi connectivity index (χ3v) is 4.52. The van der Waals surface area contributed by atoms with Crippen molar-refractivity contribution in [3.05, 3.63) is 75.5 Å². The van der Waals surface area contributed by atoms with Crippen molar-refractivity contribution in [1.82, 2.24) is 15.1 Å². The number of nitrogens with one attached hydrogen (secondary N) is 2. The van der Waals surface area contributed by atoms with Gasteiger partial charge in [0.2, 0.25) is 0 Å². The standard InChI is InChI=1S/C19H19N5O2/c1-13-7-8-17(18(11-13)24(25)26)23-16-9-10-20-12-15(16)19(22-23)21-14-5-3-2-4-6-14/h2-8,11,20H,9-10,12H2,1H3,(H,21,22). The van der Waals surface area contributed by atoms with Crippen molar-refractivity contribution in [3.8, 4) is 5.69 Å². The van der Waals surface area contributed by atoms with Gasteiger partial charge in [-0.2, -0.15) is 0 Å². The molecule has 0 unspecified atom stereocenters. The number of nitrogens with zero attached hydrogens (tertiary/aromatic N) is 3. The molecule has 0 atom stereocenters. The van der Waals surface area contributed by atoms with E-state index in [-0.39, 0.29) is 10.6 Å². The summed E-state index contributed by atoms with van der Waals surface area (Å²) in [6.45, 7) is 3.36. The van der Waals surface area contributed by atoms with E-state index < -0.39 is 0 Å². The van der Waals surface area contributed by atoms with Crippen molar-refractivity contribution >= 4 is 17.2 Å². The van der Waals surface area contributed by atoms with Crippen LogP contribution < -0.4 is 10.6 Å². The number of hydrogen-bond acceptors (Lipinski definition) is 5. The number of benzene rings is 2. The molecule has 0 spiro atoms. The number of nitro benzene ring substituents is 1. The molecular weight excluding hydrogens is 330 g/mol. The smallest absolute Gasteiger partial charge is 0.295 e. The second-order valence-corrected chi connectivity index (χ2v) is 6.35. The van der Waals surface area contributed by atoms with Crippen LogP contribution in [0.15, 0.2) is 48.5 Å². The van der Waals surface area contributed by atoms with Crippen molar-refractivity contribution in [2.75, 3.05) is 11.9 Å². The highest BCUT2D eigenvalue weighted by Crippen LogP contribution is 2.31. The van der Waals surface area contributed by atoms with Gasteiger partial charge in [-0.3, -0.25) is 10.1 Å². The fraction of sp³-hybridized carbons (Fsp3) is 0.211. The van der Waals surface area contributed by atoms with Crippen LogP contribution in [0, 0.1) is 17.0 Å². The summed E-state index contributed by atoms with van der Waals surface area (Å²) in [5, 5.41) is 22.9. The molecule has 0 radical (unpaired) electrons. The van der Waals surface area contributed by atoms with Crippen LogP contribution in [0.2, 0.25) is 0 Å². The number of nitro groups is 1. The normalized spacial score (nSPS) is 13.3. The third-order valence-electron chi connectivity index (χ3n) is 4.52. The van der Waals surface area contributed by atoms with Crippen LogP contribution in [0.3, 0.4) is 0 Å². The summed E-state index contributed by atoms with van der Waals surface area (Å²) in [7, 11) is 0. The lowest BCUT2D eigenvalue weighted by molar-refractivity contribution is -0.384. The van der Waals surface area contributed by atoms with Gasteiger partial charge in [0.05, 0.1) is 10.6 Å². The molecule has 0 fully saturated rings. The lowest BCUT2D eigenvalue weighted by Crippen LogP contribution is -2.25. The summed E-state index contributed by atoms with van der Waals surface area (Å²) < 4.78 is 1.72. The molecule has 3 aromatic rings. The first-order chi connectivity index (χ1) is 12.6. The van der Waals surface area contributed by atoms with Gasteiger partial charge in [0.15, 0.2) is 5.82 Å². The van der Waals surface area contributed by atoms with Crippen molar-refractivity contribution in [2.24, 2.45) is 0 Å². The predicted octanol–water partition coefficient (Wildman–Crippen LogP) is 3.48. The Morgan fingerprint density at radius 3 is 2.81 bits per heavy atom. The molecule has 0 saturated carbocycles. The van der Waals surface area contributed by atoms with Gasteiger partial charge in [-0.05, 0) is 30.7 Å². The van der Waals surface area contributed by atoms with E-state index in [0.29, 0.717) is 12.2 Å². The first-order valence-corrected chi connectivity index (χ1v) is 8.52. The Hall–Kier alpha value is -3.19. The Kier molecular flexibility index (Phi) is 4.14. The average Bonchev–Trinajstić information content (AvgIpc) is 3.01. The van der Waals surface area contributed by atoms with E-state index in [4.69, 9.17) is 5.10 Å². The summed E-state index contributed by atoms with van der Waals surface area (Å²) in [4.78, 5) is 11.2. The van der Waals surface area contributed by atoms with Crippen LogP contribution in [0.25, 0.3) is 5.69 Å². The number of fused-ring (bicyclic) bond motifs is 1. The molecule has 132 valence electrons. The molecule has 2 aromatic carbocycles. The van der Waals surface area contributed by atoms with E-state index in [9.17, 15) is 10.1 Å². The van der Waals surface area contributed by atoms with Crippen molar-refractivity contribution in [1.29, 1.82) is 0 Å². The minimum absolute atomic E-state index is 0.0695. The van der Waals surface area contributed by atoms with E-state index in [1.54, 1.807) is 16.8 Å². The first kappa shape index (κ1) is 16.3. The molecule has 0 amide bonds. The van der Waals surface area contributed by atoms with Gasteiger partial charge in [-0.1, -0.05) is 24.3 Å². The van der Waals surface area contributed by atoms with Crippen LogP contribution in [0.5, 0.6) is 0 Å². The predicted molar refractivity (Wildman–Crippen MR) is 100 cm³/mol. The van der Waals surface area contributed by atoms with Gasteiger partial charge in [0, 0.05) is 36.8 Å². The Bertz CT molecular complexity index is 966. The summed E-state index contributed by atoms with van der Waals surface area (Å²) >= 11 is 0. The van der Waals surface area contributed by atoms with Gasteiger partial charge in [0.25, 0.3) is 5.69 Å². The Morgan fingerprint density at radius 1 is 1.23 bits per heavy atom. The lowest BCUT2D eigenvalue weighted by Gasteiger charge is -2.16. The fourth-order valence-electron chi connectivity index (χ4n) is 3.26. The highest BCUT2D eigenvalue weighted by atomic mass is 16.6. The Balaban J connectivity index is 1.84. The summed E-state index contributed by atoms with van der Waals surface area (Å²) in [6.07, 6.45) is 0.768. The highest BCUT2D eigenvalue weighted by Gasteiger charge is 2.25. The maximum atomic E-state index is 11.5. The topological polar surface area (TPSA) is 85.0 Å². The molecular formula is C19H19N5O2. The molecule has 1 aliphatic heterocycles. The van der Waals surface area contributed by atoms with E-state index in [0.717, 1.165) is 41.3 Å². The second-order valence-electron chi connectivity index (χ2n) is 6.35. The molecule has 1 aliphatic rings. The van der Waals surface area contributed by atoms with Crippen LogP contribution in [-0.2, 0) is 13.0 Å². The molecule has 2 N–H and O–H groups in total. The van der Waals surface area contributed by atoms with Gasteiger partial charge >= 0.3 is 0 Å². The van der Waals surface area contributed by atoms with E-state index in [2.05, 4.69) is 10.6 Å².